The lowest BCUT2D eigenvalue weighted by atomic mass is 9.85. The van der Waals surface area contributed by atoms with Gasteiger partial charge in [-0.2, -0.15) is 0 Å². The van der Waals surface area contributed by atoms with E-state index >= 15 is 0 Å². The van der Waals surface area contributed by atoms with Crippen LogP contribution in [0.4, 0.5) is 0 Å². The van der Waals surface area contributed by atoms with Gasteiger partial charge in [-0.15, -0.1) is 0 Å². The van der Waals surface area contributed by atoms with Crippen molar-refractivity contribution in [3.8, 4) is 0 Å². The maximum atomic E-state index is 9.88. The van der Waals surface area contributed by atoms with E-state index in [9.17, 15) is 5.11 Å². The van der Waals surface area contributed by atoms with E-state index in [2.05, 4.69) is 12.2 Å². The monoisotopic (exact) mass is 255 g/mol. The molecule has 0 aromatic heterocycles. The molecule has 2 saturated carbocycles. The molecule has 0 heterocycles. The quantitative estimate of drug-likeness (QED) is 0.699. The average molecular weight is 255 g/mol. The van der Waals surface area contributed by atoms with E-state index in [-0.39, 0.29) is 6.10 Å². The minimum Gasteiger partial charge on any atom is -0.389 e. The standard InChI is InChI=1S/C15H29NO2/c1-2-13-5-3-4-6-15(13)18-11-14(17)10-16-9-12-7-8-12/h12-17H,2-11H2,1H3. The lowest BCUT2D eigenvalue weighted by Crippen LogP contribution is -2.35. The maximum Gasteiger partial charge on any atom is 0.0897 e. The zero-order chi connectivity index (χ0) is 12.8. The highest BCUT2D eigenvalue weighted by Gasteiger charge is 2.25. The van der Waals surface area contributed by atoms with Gasteiger partial charge in [0.15, 0.2) is 0 Å². The summed E-state index contributed by atoms with van der Waals surface area (Å²) in [5.41, 5.74) is 0. The Morgan fingerprint density at radius 3 is 2.72 bits per heavy atom. The zero-order valence-corrected chi connectivity index (χ0v) is 11.7. The molecule has 106 valence electrons. The second-order valence-corrected chi connectivity index (χ2v) is 6.08. The van der Waals surface area contributed by atoms with Crippen molar-refractivity contribution in [1.82, 2.24) is 5.32 Å². The van der Waals surface area contributed by atoms with Gasteiger partial charge in [0.25, 0.3) is 0 Å². The number of hydrogen-bond donors (Lipinski definition) is 2. The molecule has 2 fully saturated rings. The van der Waals surface area contributed by atoms with Crippen LogP contribution in [0, 0.1) is 11.8 Å². The summed E-state index contributed by atoms with van der Waals surface area (Å²) in [6.07, 6.45) is 9.10. The topological polar surface area (TPSA) is 41.5 Å². The molecular formula is C15H29NO2. The highest BCUT2D eigenvalue weighted by atomic mass is 16.5. The molecule has 0 aromatic carbocycles. The van der Waals surface area contributed by atoms with E-state index < -0.39 is 0 Å². The van der Waals surface area contributed by atoms with Crippen molar-refractivity contribution < 1.29 is 9.84 Å². The molecule has 0 aromatic rings. The van der Waals surface area contributed by atoms with Crippen LogP contribution in [-0.2, 0) is 4.74 Å². The molecule has 0 bridgehead atoms. The van der Waals surface area contributed by atoms with Crippen LogP contribution in [0.1, 0.15) is 51.9 Å². The fourth-order valence-corrected chi connectivity index (χ4v) is 2.93. The van der Waals surface area contributed by atoms with Crippen LogP contribution >= 0.6 is 0 Å². The van der Waals surface area contributed by atoms with Crippen molar-refractivity contribution in [2.45, 2.75) is 64.1 Å². The first-order chi connectivity index (χ1) is 8.79. The van der Waals surface area contributed by atoms with Gasteiger partial charge in [0.05, 0.1) is 18.8 Å². The van der Waals surface area contributed by atoms with Gasteiger partial charge >= 0.3 is 0 Å². The molecule has 3 nitrogen and oxygen atoms in total. The second-order valence-electron chi connectivity index (χ2n) is 6.08. The molecule has 2 rings (SSSR count). The molecule has 2 N–H and O–H groups in total. The summed E-state index contributed by atoms with van der Waals surface area (Å²) in [6.45, 7) is 4.50. The normalized spacial score (nSPS) is 30.3. The lowest BCUT2D eigenvalue weighted by Gasteiger charge is -2.31. The lowest BCUT2D eigenvalue weighted by molar-refractivity contribution is -0.0498. The van der Waals surface area contributed by atoms with E-state index in [0.29, 0.717) is 25.2 Å². The van der Waals surface area contributed by atoms with E-state index in [1.54, 1.807) is 0 Å². The fourth-order valence-electron chi connectivity index (χ4n) is 2.93. The van der Waals surface area contributed by atoms with Crippen LogP contribution in [0.25, 0.3) is 0 Å². The molecule has 3 heteroatoms. The Hall–Kier alpha value is -0.120. The Morgan fingerprint density at radius 1 is 1.22 bits per heavy atom. The number of aliphatic hydroxyl groups is 1. The van der Waals surface area contributed by atoms with Crippen molar-refractivity contribution in [3.05, 3.63) is 0 Å². The molecule has 3 atom stereocenters. The van der Waals surface area contributed by atoms with E-state index in [0.717, 1.165) is 12.5 Å². The van der Waals surface area contributed by atoms with E-state index in [4.69, 9.17) is 4.74 Å². The summed E-state index contributed by atoms with van der Waals surface area (Å²) in [6, 6.07) is 0. The first-order valence-electron chi connectivity index (χ1n) is 7.80. The largest absolute Gasteiger partial charge is 0.389 e. The van der Waals surface area contributed by atoms with Gasteiger partial charge in [-0.1, -0.05) is 26.2 Å². The average Bonchev–Trinajstić information content (AvgIpc) is 3.21. The van der Waals surface area contributed by atoms with Gasteiger partial charge in [0, 0.05) is 6.54 Å². The summed E-state index contributed by atoms with van der Waals surface area (Å²) in [5.74, 6) is 1.59. The molecule has 2 aliphatic rings. The van der Waals surface area contributed by atoms with Crippen molar-refractivity contribution in [3.63, 3.8) is 0 Å². The Morgan fingerprint density at radius 2 is 2.00 bits per heavy atom. The molecular weight excluding hydrogens is 226 g/mol. The molecule has 0 aliphatic heterocycles. The van der Waals surface area contributed by atoms with Crippen LogP contribution in [0.15, 0.2) is 0 Å². The maximum absolute atomic E-state index is 9.88. The van der Waals surface area contributed by atoms with Crippen molar-refractivity contribution >= 4 is 0 Å². The minimum absolute atomic E-state index is 0.344. The highest BCUT2D eigenvalue weighted by molar-refractivity contribution is 4.77. The van der Waals surface area contributed by atoms with Gasteiger partial charge in [-0.05, 0) is 44.1 Å². The summed E-state index contributed by atoms with van der Waals surface area (Å²) in [7, 11) is 0. The van der Waals surface area contributed by atoms with E-state index in [1.165, 1.54) is 44.9 Å². The molecule has 0 spiro atoms. The summed E-state index contributed by atoms with van der Waals surface area (Å²) < 4.78 is 5.93. The van der Waals surface area contributed by atoms with Gasteiger partial charge in [0.2, 0.25) is 0 Å². The predicted octanol–water partition coefficient (Wildman–Crippen LogP) is 2.33. The molecule has 18 heavy (non-hydrogen) atoms. The van der Waals surface area contributed by atoms with Crippen LogP contribution in [0.2, 0.25) is 0 Å². The first kappa shape index (κ1) is 14.3. The van der Waals surface area contributed by atoms with Crippen LogP contribution in [-0.4, -0.2) is 37.0 Å². The number of nitrogens with one attached hydrogen (secondary N) is 1. The number of rotatable bonds is 8. The fraction of sp³-hybridized carbons (Fsp3) is 1.00. The zero-order valence-electron chi connectivity index (χ0n) is 11.7. The molecule has 0 saturated heterocycles. The predicted molar refractivity (Wildman–Crippen MR) is 73.6 cm³/mol. The molecule has 0 radical (unpaired) electrons. The van der Waals surface area contributed by atoms with E-state index in [1.807, 2.05) is 0 Å². The minimum atomic E-state index is -0.344. The van der Waals surface area contributed by atoms with Gasteiger partial charge in [0.1, 0.15) is 0 Å². The van der Waals surface area contributed by atoms with Gasteiger partial charge < -0.3 is 15.2 Å². The van der Waals surface area contributed by atoms with Crippen molar-refractivity contribution in [1.29, 1.82) is 0 Å². The number of ether oxygens (including phenoxy) is 1. The van der Waals surface area contributed by atoms with Crippen LogP contribution in [0.5, 0.6) is 0 Å². The van der Waals surface area contributed by atoms with Crippen molar-refractivity contribution in [2.24, 2.45) is 11.8 Å². The SMILES string of the molecule is CCC1CCCCC1OCC(O)CNCC1CC1. The first-order valence-corrected chi connectivity index (χ1v) is 7.80. The highest BCUT2D eigenvalue weighted by Crippen LogP contribution is 2.29. The van der Waals surface area contributed by atoms with Crippen molar-refractivity contribution in [2.75, 3.05) is 19.7 Å². The smallest absolute Gasteiger partial charge is 0.0897 e. The third-order valence-electron chi connectivity index (χ3n) is 4.38. The Labute approximate surface area is 111 Å². The van der Waals surface area contributed by atoms with Crippen LogP contribution in [0.3, 0.4) is 0 Å². The summed E-state index contributed by atoms with van der Waals surface area (Å²) >= 11 is 0. The van der Waals surface area contributed by atoms with Gasteiger partial charge in [-0.3, -0.25) is 0 Å². The number of aliphatic hydroxyl groups excluding tert-OH is 1. The Balaban J connectivity index is 1.56. The van der Waals surface area contributed by atoms with Crippen LogP contribution < -0.4 is 5.32 Å². The number of hydrogen-bond acceptors (Lipinski definition) is 3. The molecule has 0 amide bonds. The summed E-state index contributed by atoms with van der Waals surface area (Å²) in [4.78, 5) is 0. The Kier molecular flexibility index (Phi) is 5.93. The second kappa shape index (κ2) is 7.46. The third-order valence-corrected chi connectivity index (χ3v) is 4.38. The summed E-state index contributed by atoms with van der Waals surface area (Å²) in [5, 5.41) is 13.2. The molecule has 2 aliphatic carbocycles. The van der Waals surface area contributed by atoms with Gasteiger partial charge in [-0.25, -0.2) is 0 Å². The third kappa shape index (κ3) is 4.87. The molecule has 3 unspecified atom stereocenters. The Bertz CT molecular complexity index is 231.